The third kappa shape index (κ3) is 3.87. The largest absolute Gasteiger partial charge is 0.0999 e. The maximum absolute atomic E-state index is 4.14. The van der Waals surface area contributed by atoms with Crippen molar-refractivity contribution < 1.29 is 0 Å². The summed E-state index contributed by atoms with van der Waals surface area (Å²) in [6.07, 6.45) is 14.8. The van der Waals surface area contributed by atoms with Crippen molar-refractivity contribution in [3.05, 3.63) is 12.2 Å². The lowest BCUT2D eigenvalue weighted by atomic mass is 9.72. The highest BCUT2D eigenvalue weighted by Gasteiger charge is 2.26. The lowest BCUT2D eigenvalue weighted by Crippen LogP contribution is -2.21. The molecule has 0 atom stereocenters. The molecule has 0 aromatic carbocycles. The summed E-state index contributed by atoms with van der Waals surface area (Å²) in [7, 11) is 0. The van der Waals surface area contributed by atoms with Gasteiger partial charge in [0, 0.05) is 0 Å². The monoisotopic (exact) mass is 248 g/mol. The average molecular weight is 248 g/mol. The molecular formula is C18H32. The number of rotatable bonds is 4. The molecule has 104 valence electrons. The Kier molecular flexibility index (Phi) is 5.33. The van der Waals surface area contributed by atoms with Gasteiger partial charge in [-0.15, -0.1) is 0 Å². The zero-order valence-electron chi connectivity index (χ0n) is 12.6. The molecule has 0 nitrogen and oxygen atoms in total. The van der Waals surface area contributed by atoms with Crippen LogP contribution in [0, 0.1) is 23.7 Å². The fourth-order valence-corrected chi connectivity index (χ4v) is 4.24. The Hall–Kier alpha value is -0.260. The summed E-state index contributed by atoms with van der Waals surface area (Å²) < 4.78 is 0. The SMILES string of the molecule is C=C(C)C1CCC(CC2CCC(CC)CC2)CC1. The van der Waals surface area contributed by atoms with E-state index in [4.69, 9.17) is 0 Å². The van der Waals surface area contributed by atoms with Crippen LogP contribution in [0.2, 0.25) is 0 Å². The first kappa shape index (κ1) is 14.2. The second-order valence-corrected chi connectivity index (χ2v) is 7.09. The van der Waals surface area contributed by atoms with E-state index in [0.29, 0.717) is 0 Å². The Labute approximate surface area is 114 Å². The Morgan fingerprint density at radius 3 is 1.72 bits per heavy atom. The van der Waals surface area contributed by atoms with Gasteiger partial charge in [-0.2, -0.15) is 0 Å². The van der Waals surface area contributed by atoms with Gasteiger partial charge in [-0.25, -0.2) is 0 Å². The van der Waals surface area contributed by atoms with E-state index in [-0.39, 0.29) is 0 Å². The molecule has 0 aromatic heterocycles. The molecule has 0 saturated heterocycles. The predicted molar refractivity (Wildman–Crippen MR) is 80.6 cm³/mol. The van der Waals surface area contributed by atoms with Gasteiger partial charge in [0.2, 0.25) is 0 Å². The smallest absolute Gasteiger partial charge is 0.0208 e. The van der Waals surface area contributed by atoms with E-state index in [1.165, 1.54) is 63.4 Å². The van der Waals surface area contributed by atoms with Crippen LogP contribution >= 0.6 is 0 Å². The minimum Gasteiger partial charge on any atom is -0.0999 e. The van der Waals surface area contributed by atoms with Crippen LogP contribution in [0.4, 0.5) is 0 Å². The van der Waals surface area contributed by atoms with Crippen molar-refractivity contribution in [3.8, 4) is 0 Å². The van der Waals surface area contributed by atoms with Crippen LogP contribution < -0.4 is 0 Å². The Balaban J connectivity index is 1.67. The summed E-state index contributed by atoms with van der Waals surface area (Å²) in [5.41, 5.74) is 1.43. The van der Waals surface area contributed by atoms with E-state index >= 15 is 0 Å². The lowest BCUT2D eigenvalue weighted by Gasteiger charge is -2.34. The summed E-state index contributed by atoms with van der Waals surface area (Å²) in [6.45, 7) is 8.72. The van der Waals surface area contributed by atoms with Crippen LogP contribution in [0.3, 0.4) is 0 Å². The molecule has 0 radical (unpaired) electrons. The fraction of sp³-hybridized carbons (Fsp3) is 0.889. The van der Waals surface area contributed by atoms with Gasteiger partial charge >= 0.3 is 0 Å². The lowest BCUT2D eigenvalue weighted by molar-refractivity contribution is 0.197. The number of hydrogen-bond donors (Lipinski definition) is 0. The highest BCUT2D eigenvalue weighted by Crippen LogP contribution is 2.40. The zero-order valence-corrected chi connectivity index (χ0v) is 12.6. The minimum atomic E-state index is 0.845. The van der Waals surface area contributed by atoms with Crippen LogP contribution in [0.25, 0.3) is 0 Å². The van der Waals surface area contributed by atoms with Gasteiger partial charge in [0.15, 0.2) is 0 Å². The van der Waals surface area contributed by atoms with Gasteiger partial charge in [-0.3, -0.25) is 0 Å². The Morgan fingerprint density at radius 1 is 0.833 bits per heavy atom. The van der Waals surface area contributed by atoms with Crippen molar-refractivity contribution in [2.45, 2.75) is 78.1 Å². The van der Waals surface area contributed by atoms with Gasteiger partial charge in [0.05, 0.1) is 0 Å². The van der Waals surface area contributed by atoms with E-state index < -0.39 is 0 Å². The standard InChI is InChI=1S/C18H32/c1-4-15-5-7-16(8-6-15)13-17-9-11-18(12-10-17)14(2)3/h15-18H,2,4-13H2,1,3H3. The van der Waals surface area contributed by atoms with Crippen LogP contribution in [0.1, 0.15) is 78.1 Å². The molecule has 0 heterocycles. The molecule has 2 fully saturated rings. The molecular weight excluding hydrogens is 216 g/mol. The molecule has 0 heteroatoms. The normalized spacial score (nSPS) is 37.4. The maximum atomic E-state index is 4.14. The van der Waals surface area contributed by atoms with Crippen LogP contribution in [-0.2, 0) is 0 Å². The number of hydrogen-bond acceptors (Lipinski definition) is 0. The molecule has 0 unspecified atom stereocenters. The molecule has 0 aromatic rings. The van der Waals surface area contributed by atoms with E-state index in [1.54, 1.807) is 6.42 Å². The van der Waals surface area contributed by atoms with Crippen LogP contribution in [-0.4, -0.2) is 0 Å². The van der Waals surface area contributed by atoms with Gasteiger partial charge in [-0.1, -0.05) is 51.2 Å². The topological polar surface area (TPSA) is 0 Å². The van der Waals surface area contributed by atoms with Crippen molar-refractivity contribution >= 4 is 0 Å². The number of allylic oxidation sites excluding steroid dienone is 1. The molecule has 2 rings (SSSR count). The van der Waals surface area contributed by atoms with E-state index in [1.807, 2.05) is 0 Å². The molecule has 2 aliphatic carbocycles. The second-order valence-electron chi connectivity index (χ2n) is 7.09. The summed E-state index contributed by atoms with van der Waals surface area (Å²) in [6, 6.07) is 0. The molecule has 0 bridgehead atoms. The first-order valence-corrected chi connectivity index (χ1v) is 8.34. The van der Waals surface area contributed by atoms with Gasteiger partial charge in [-0.05, 0) is 62.7 Å². The van der Waals surface area contributed by atoms with E-state index in [0.717, 1.165) is 23.7 Å². The first-order chi connectivity index (χ1) is 8.69. The van der Waals surface area contributed by atoms with Gasteiger partial charge < -0.3 is 0 Å². The quantitative estimate of drug-likeness (QED) is 0.537. The predicted octanol–water partition coefficient (Wildman–Crippen LogP) is 5.98. The molecule has 0 spiro atoms. The van der Waals surface area contributed by atoms with E-state index in [2.05, 4.69) is 20.4 Å². The molecule has 18 heavy (non-hydrogen) atoms. The van der Waals surface area contributed by atoms with Crippen molar-refractivity contribution in [2.75, 3.05) is 0 Å². The average Bonchev–Trinajstić information content (AvgIpc) is 2.40. The van der Waals surface area contributed by atoms with Gasteiger partial charge in [0.1, 0.15) is 0 Å². The zero-order chi connectivity index (χ0) is 13.0. The van der Waals surface area contributed by atoms with Crippen molar-refractivity contribution in [1.29, 1.82) is 0 Å². The highest BCUT2D eigenvalue weighted by atomic mass is 14.3. The van der Waals surface area contributed by atoms with Gasteiger partial charge in [0.25, 0.3) is 0 Å². The molecule has 0 N–H and O–H groups in total. The molecule has 0 aliphatic heterocycles. The Bertz CT molecular complexity index is 249. The van der Waals surface area contributed by atoms with Crippen LogP contribution in [0.5, 0.6) is 0 Å². The maximum Gasteiger partial charge on any atom is -0.0208 e. The Morgan fingerprint density at radius 2 is 1.28 bits per heavy atom. The minimum absolute atomic E-state index is 0.845. The third-order valence-corrected chi connectivity index (χ3v) is 5.75. The first-order valence-electron chi connectivity index (χ1n) is 8.34. The summed E-state index contributed by atoms with van der Waals surface area (Å²) in [5.74, 6) is 4.01. The molecule has 0 amide bonds. The van der Waals surface area contributed by atoms with Crippen molar-refractivity contribution in [3.63, 3.8) is 0 Å². The van der Waals surface area contributed by atoms with E-state index in [9.17, 15) is 0 Å². The fourth-order valence-electron chi connectivity index (χ4n) is 4.24. The summed E-state index contributed by atoms with van der Waals surface area (Å²) in [4.78, 5) is 0. The summed E-state index contributed by atoms with van der Waals surface area (Å²) in [5, 5.41) is 0. The third-order valence-electron chi connectivity index (χ3n) is 5.75. The van der Waals surface area contributed by atoms with Crippen LogP contribution in [0.15, 0.2) is 12.2 Å². The molecule has 2 saturated carbocycles. The van der Waals surface area contributed by atoms with Crippen molar-refractivity contribution in [1.82, 2.24) is 0 Å². The summed E-state index contributed by atoms with van der Waals surface area (Å²) >= 11 is 0. The highest BCUT2D eigenvalue weighted by molar-refractivity contribution is 4.98. The van der Waals surface area contributed by atoms with Crippen molar-refractivity contribution in [2.24, 2.45) is 23.7 Å². The molecule has 2 aliphatic rings. The second kappa shape index (κ2) is 6.78.